The van der Waals surface area contributed by atoms with Gasteiger partial charge in [-0.2, -0.15) is 5.26 Å². The van der Waals surface area contributed by atoms with Crippen LogP contribution in [0.2, 0.25) is 5.02 Å². The van der Waals surface area contributed by atoms with Crippen LogP contribution in [0.5, 0.6) is 0 Å². The smallest absolute Gasteiger partial charge is 0.356 e. The number of carbonyl (C=O) groups is 2. The van der Waals surface area contributed by atoms with Crippen molar-refractivity contribution in [2.24, 2.45) is 0 Å². The Hall–Kier alpha value is -4.41. The number of halogens is 1. The third kappa shape index (κ3) is 6.67. The number of aryl methyl sites for hydroxylation is 1. The molecule has 2 aromatic carbocycles. The predicted molar refractivity (Wildman–Crippen MR) is 175 cm³/mol. The van der Waals surface area contributed by atoms with Gasteiger partial charge in [0.25, 0.3) is 0 Å². The molecule has 3 heterocycles. The van der Waals surface area contributed by atoms with Gasteiger partial charge in [-0.25, -0.2) is 14.8 Å². The van der Waals surface area contributed by atoms with E-state index in [0.717, 1.165) is 21.8 Å². The second-order valence-electron chi connectivity index (χ2n) is 9.86. The zero-order chi connectivity index (χ0) is 32.1. The van der Waals surface area contributed by atoms with Gasteiger partial charge in [-0.1, -0.05) is 59.8 Å². The molecule has 5 aromatic rings. The molecule has 0 radical (unpaired) electrons. The molecule has 230 valence electrons. The van der Waals surface area contributed by atoms with Gasteiger partial charge in [0.15, 0.2) is 5.69 Å². The molecule has 10 nitrogen and oxygen atoms in total. The molecule has 0 aliphatic heterocycles. The molecule has 0 unspecified atom stereocenters. The Labute approximate surface area is 272 Å². The Morgan fingerprint density at radius 1 is 1.09 bits per heavy atom. The minimum atomic E-state index is -0.760. The second kappa shape index (κ2) is 14.1. The van der Waals surface area contributed by atoms with Gasteiger partial charge in [0.2, 0.25) is 0 Å². The van der Waals surface area contributed by atoms with Crippen LogP contribution in [0, 0.1) is 11.3 Å². The normalized spacial score (nSPS) is 11.0. The number of carbonyl (C=O) groups excluding carboxylic acids is 2. The molecule has 3 N–H and O–H groups in total. The number of nitriles is 1. The summed E-state index contributed by atoms with van der Waals surface area (Å²) in [4.78, 5) is 35.0. The Bertz CT molecular complexity index is 1910. The van der Waals surface area contributed by atoms with Crippen LogP contribution in [0.3, 0.4) is 0 Å². The summed E-state index contributed by atoms with van der Waals surface area (Å²) in [7, 11) is 2.46. The molecular weight excluding hydrogens is 634 g/mol. The molecular formula is C32H28ClN5O5S2. The zero-order valence-electron chi connectivity index (χ0n) is 24.4. The monoisotopic (exact) mass is 661 g/mol. The molecule has 0 amide bonds. The van der Waals surface area contributed by atoms with E-state index < -0.39 is 11.9 Å². The lowest BCUT2D eigenvalue weighted by atomic mass is 9.96. The van der Waals surface area contributed by atoms with Gasteiger partial charge in [-0.05, 0) is 36.1 Å². The molecule has 5 rings (SSSR count). The van der Waals surface area contributed by atoms with Crippen LogP contribution < -0.4 is 5.73 Å². The molecule has 3 aromatic heterocycles. The summed E-state index contributed by atoms with van der Waals surface area (Å²) in [5.74, 6) is -0.984. The summed E-state index contributed by atoms with van der Waals surface area (Å²) in [6, 6.07) is 17.3. The Morgan fingerprint density at radius 2 is 1.80 bits per heavy atom. The van der Waals surface area contributed by atoms with E-state index in [1.54, 1.807) is 0 Å². The van der Waals surface area contributed by atoms with E-state index in [0.29, 0.717) is 45.2 Å². The van der Waals surface area contributed by atoms with E-state index >= 15 is 0 Å². The highest BCUT2D eigenvalue weighted by atomic mass is 35.5. The minimum Gasteiger partial charge on any atom is -0.468 e. The van der Waals surface area contributed by atoms with E-state index in [1.807, 2.05) is 53.9 Å². The molecule has 13 heteroatoms. The highest BCUT2D eigenvalue weighted by Crippen LogP contribution is 2.42. The number of hydrogen-bond acceptors (Lipinski definition) is 11. The van der Waals surface area contributed by atoms with Crippen molar-refractivity contribution in [1.82, 2.24) is 14.5 Å². The van der Waals surface area contributed by atoms with Crippen LogP contribution in [-0.4, -0.2) is 52.4 Å². The zero-order valence-corrected chi connectivity index (χ0v) is 26.8. The van der Waals surface area contributed by atoms with Gasteiger partial charge in [-0.15, -0.1) is 11.3 Å². The SMILES string of the molecule is COC(=O)Cn1c(C(=O)OC)c(N)c2c(-c3ccc(CCCO)cc3)c(C#N)c(SCc3csc(-c4ccc(Cl)cc4)n3)nc21. The fourth-order valence-electron chi connectivity index (χ4n) is 4.89. The predicted octanol–water partition coefficient (Wildman–Crippen LogP) is 6.11. The first kappa shape index (κ1) is 32.0. The number of thiazole rings is 1. The van der Waals surface area contributed by atoms with Crippen molar-refractivity contribution in [2.75, 3.05) is 26.6 Å². The number of fused-ring (bicyclic) bond motifs is 1. The van der Waals surface area contributed by atoms with Crippen molar-refractivity contribution < 1.29 is 24.2 Å². The molecule has 0 spiro atoms. The third-order valence-corrected chi connectivity index (χ3v) is 9.27. The maximum Gasteiger partial charge on any atom is 0.356 e. The average molecular weight is 662 g/mol. The van der Waals surface area contributed by atoms with Gasteiger partial charge in [0.1, 0.15) is 28.3 Å². The largest absolute Gasteiger partial charge is 0.468 e. The first-order valence-corrected chi connectivity index (χ1v) is 16.0. The Kier molecular flexibility index (Phi) is 10.0. The quantitative estimate of drug-likeness (QED) is 0.125. The summed E-state index contributed by atoms with van der Waals surface area (Å²) < 4.78 is 11.3. The second-order valence-corrected chi connectivity index (χ2v) is 12.1. The summed E-state index contributed by atoms with van der Waals surface area (Å²) in [5, 5.41) is 23.9. The third-order valence-electron chi connectivity index (χ3n) is 7.07. The fourth-order valence-corrected chi connectivity index (χ4v) is 6.83. The van der Waals surface area contributed by atoms with E-state index in [4.69, 9.17) is 36.8 Å². The highest BCUT2D eigenvalue weighted by molar-refractivity contribution is 7.98. The molecule has 45 heavy (non-hydrogen) atoms. The number of esters is 2. The van der Waals surface area contributed by atoms with E-state index in [1.165, 1.54) is 41.9 Å². The summed E-state index contributed by atoms with van der Waals surface area (Å²) in [6.45, 7) is -0.277. The lowest BCUT2D eigenvalue weighted by Gasteiger charge is -2.13. The standard InChI is InChI=1S/C32H28ClN5O5S2/c1-42-24(40)15-38-28(32(41)43-2)27(35)26-25(19-7-5-18(6-8-19)4-3-13-39)23(14-34)31(37-29(26)38)45-17-22-16-44-30(36-22)20-9-11-21(33)12-10-20/h5-12,16,39H,3-4,13,15,17,35H2,1-2H3. The molecule has 0 aliphatic carbocycles. The number of aliphatic hydroxyl groups excluding tert-OH is 1. The lowest BCUT2D eigenvalue weighted by molar-refractivity contribution is -0.141. The van der Waals surface area contributed by atoms with Crippen molar-refractivity contribution in [3.05, 3.63) is 81.4 Å². The van der Waals surface area contributed by atoms with E-state index in [2.05, 4.69) is 6.07 Å². The number of methoxy groups -OCH3 is 2. The number of benzene rings is 2. The average Bonchev–Trinajstić information content (AvgIpc) is 3.64. The molecule has 0 atom stereocenters. The highest BCUT2D eigenvalue weighted by Gasteiger charge is 2.30. The van der Waals surface area contributed by atoms with Gasteiger partial charge >= 0.3 is 11.9 Å². The number of anilines is 1. The number of aliphatic hydroxyl groups is 1. The van der Waals surface area contributed by atoms with Crippen molar-refractivity contribution in [2.45, 2.75) is 30.2 Å². The first-order valence-electron chi connectivity index (χ1n) is 13.7. The van der Waals surface area contributed by atoms with Crippen molar-refractivity contribution >= 4 is 63.4 Å². The molecule has 0 saturated carbocycles. The summed E-state index contributed by atoms with van der Waals surface area (Å²) in [5.41, 5.74) is 11.0. The topological polar surface area (TPSA) is 153 Å². The summed E-state index contributed by atoms with van der Waals surface area (Å²) >= 11 is 8.84. The van der Waals surface area contributed by atoms with Crippen LogP contribution in [0.15, 0.2) is 58.9 Å². The fraction of sp³-hybridized carbons (Fsp3) is 0.219. The molecule has 0 aliphatic rings. The Balaban J connectivity index is 1.66. The van der Waals surface area contributed by atoms with Gasteiger partial charge in [0.05, 0.1) is 36.6 Å². The maximum atomic E-state index is 13.0. The number of thioether (sulfide) groups is 1. The number of nitrogen functional groups attached to an aromatic ring is 1. The number of nitrogens with two attached hydrogens (primary N) is 1. The number of nitrogens with zero attached hydrogens (tertiary/aromatic N) is 4. The number of pyridine rings is 1. The van der Waals surface area contributed by atoms with Gasteiger partial charge < -0.3 is 24.9 Å². The number of aromatic nitrogens is 3. The van der Waals surface area contributed by atoms with Crippen molar-refractivity contribution in [1.29, 1.82) is 5.26 Å². The van der Waals surface area contributed by atoms with Crippen molar-refractivity contribution in [3.63, 3.8) is 0 Å². The van der Waals surface area contributed by atoms with Gasteiger partial charge in [0, 0.05) is 33.9 Å². The number of hydrogen-bond donors (Lipinski definition) is 2. The van der Waals surface area contributed by atoms with Crippen LogP contribution >= 0.6 is 34.7 Å². The first-order chi connectivity index (χ1) is 21.8. The van der Waals surface area contributed by atoms with Crippen LogP contribution in [0.1, 0.15) is 33.7 Å². The van der Waals surface area contributed by atoms with Crippen LogP contribution in [-0.2, 0) is 33.0 Å². The maximum absolute atomic E-state index is 13.0. The van der Waals surface area contributed by atoms with Gasteiger partial charge in [-0.3, -0.25) is 4.79 Å². The molecule has 0 saturated heterocycles. The van der Waals surface area contributed by atoms with E-state index in [9.17, 15) is 20.0 Å². The minimum absolute atomic E-state index is 0.0350. The van der Waals surface area contributed by atoms with Crippen LogP contribution in [0.25, 0.3) is 32.7 Å². The summed E-state index contributed by atoms with van der Waals surface area (Å²) in [6.07, 6.45) is 1.30. The number of ether oxygens (including phenoxy) is 2. The van der Waals surface area contributed by atoms with Crippen molar-refractivity contribution in [3.8, 4) is 27.8 Å². The Morgan fingerprint density at radius 3 is 2.44 bits per heavy atom. The molecule has 0 bridgehead atoms. The van der Waals surface area contributed by atoms with Crippen LogP contribution in [0.4, 0.5) is 5.69 Å². The lowest BCUT2D eigenvalue weighted by Crippen LogP contribution is -2.18. The number of rotatable bonds is 11. The van der Waals surface area contributed by atoms with E-state index in [-0.39, 0.29) is 35.7 Å². The molecule has 0 fully saturated rings.